The number of H-pyrrole nitrogens is 1. The van der Waals surface area contributed by atoms with Crippen molar-refractivity contribution in [3.05, 3.63) is 51.6 Å². The molecule has 1 fully saturated rings. The van der Waals surface area contributed by atoms with Crippen LogP contribution < -0.4 is 5.56 Å². The Hall–Kier alpha value is -2.41. The number of aromatic nitrogens is 3. The number of nitrogens with one attached hydrogen (secondary N) is 1. The first-order valence-corrected chi connectivity index (χ1v) is 8.40. The molecule has 1 amide bonds. The molecule has 118 valence electrons. The van der Waals surface area contributed by atoms with Crippen LogP contribution >= 0.6 is 11.3 Å². The van der Waals surface area contributed by atoms with E-state index in [0.29, 0.717) is 27.8 Å². The second-order valence-corrected chi connectivity index (χ2v) is 6.76. The highest BCUT2D eigenvalue weighted by atomic mass is 32.1. The van der Waals surface area contributed by atoms with Crippen LogP contribution in [0.4, 0.5) is 0 Å². The number of amides is 1. The van der Waals surface area contributed by atoms with Crippen molar-refractivity contribution in [2.75, 3.05) is 7.05 Å². The Morgan fingerprint density at radius 1 is 1.48 bits per heavy atom. The molecule has 0 radical (unpaired) electrons. The van der Waals surface area contributed by atoms with Gasteiger partial charge in [-0.2, -0.15) is 0 Å². The van der Waals surface area contributed by atoms with Gasteiger partial charge in [0, 0.05) is 19.3 Å². The first-order chi connectivity index (χ1) is 11.1. The minimum atomic E-state index is -0.151. The van der Waals surface area contributed by atoms with Gasteiger partial charge < -0.3 is 14.5 Å². The van der Waals surface area contributed by atoms with Gasteiger partial charge in [0.05, 0.1) is 12.1 Å². The topological polar surface area (TPSA) is 71.0 Å². The van der Waals surface area contributed by atoms with Crippen molar-refractivity contribution in [2.45, 2.75) is 25.4 Å². The summed E-state index contributed by atoms with van der Waals surface area (Å²) in [7, 11) is 1.73. The highest BCUT2D eigenvalue weighted by Crippen LogP contribution is 2.36. The standard InChI is InChI=1S/C16H16N4O2S/c1-19(16(22)12-3-2-7-20(12)10-4-5-10)9-13-17-11-6-8-23-14(11)15(21)18-13/h2-3,6-8,10H,4-5,9H2,1H3,(H,17,18,21). The van der Waals surface area contributed by atoms with Crippen molar-refractivity contribution >= 4 is 27.5 Å². The first kappa shape index (κ1) is 14.2. The van der Waals surface area contributed by atoms with Crippen molar-refractivity contribution in [3.8, 4) is 0 Å². The number of carbonyl (C=O) groups excluding carboxylic acids is 1. The van der Waals surface area contributed by atoms with E-state index in [0.717, 1.165) is 12.8 Å². The van der Waals surface area contributed by atoms with Crippen LogP contribution in [0.1, 0.15) is 35.2 Å². The molecule has 0 aliphatic heterocycles. The Balaban J connectivity index is 1.58. The molecular weight excluding hydrogens is 312 g/mol. The summed E-state index contributed by atoms with van der Waals surface area (Å²) in [6.07, 6.45) is 4.21. The monoisotopic (exact) mass is 328 g/mol. The van der Waals surface area contributed by atoms with Gasteiger partial charge in [-0.1, -0.05) is 0 Å². The lowest BCUT2D eigenvalue weighted by molar-refractivity contribution is 0.0770. The minimum Gasteiger partial charge on any atom is -0.340 e. The van der Waals surface area contributed by atoms with E-state index < -0.39 is 0 Å². The SMILES string of the molecule is CN(Cc1nc2ccsc2c(=O)[nH]1)C(=O)c1cccn1C1CC1. The molecule has 0 atom stereocenters. The van der Waals surface area contributed by atoms with Gasteiger partial charge in [-0.25, -0.2) is 4.98 Å². The van der Waals surface area contributed by atoms with Gasteiger partial charge in [-0.3, -0.25) is 9.59 Å². The van der Waals surface area contributed by atoms with Gasteiger partial charge in [0.15, 0.2) is 0 Å². The second kappa shape index (κ2) is 5.34. The number of hydrogen-bond donors (Lipinski definition) is 1. The highest BCUT2D eigenvalue weighted by Gasteiger charge is 2.27. The smallest absolute Gasteiger partial charge is 0.270 e. The molecule has 0 saturated heterocycles. The van der Waals surface area contributed by atoms with E-state index in [4.69, 9.17) is 0 Å². The normalized spacial score (nSPS) is 14.3. The maximum Gasteiger partial charge on any atom is 0.270 e. The molecule has 3 aromatic heterocycles. The first-order valence-electron chi connectivity index (χ1n) is 7.52. The number of carbonyl (C=O) groups is 1. The summed E-state index contributed by atoms with van der Waals surface area (Å²) >= 11 is 1.37. The largest absolute Gasteiger partial charge is 0.340 e. The van der Waals surface area contributed by atoms with Crippen molar-refractivity contribution in [1.29, 1.82) is 0 Å². The molecule has 0 unspecified atom stereocenters. The maximum atomic E-state index is 12.6. The lowest BCUT2D eigenvalue weighted by Gasteiger charge is -2.18. The third-order valence-electron chi connectivity index (χ3n) is 4.04. The molecule has 7 heteroatoms. The number of fused-ring (bicyclic) bond motifs is 1. The Morgan fingerprint density at radius 3 is 3.09 bits per heavy atom. The highest BCUT2D eigenvalue weighted by molar-refractivity contribution is 7.17. The molecule has 1 N–H and O–H groups in total. The summed E-state index contributed by atoms with van der Waals surface area (Å²) in [4.78, 5) is 33.4. The number of hydrogen-bond acceptors (Lipinski definition) is 4. The van der Waals surface area contributed by atoms with E-state index in [9.17, 15) is 9.59 Å². The van der Waals surface area contributed by atoms with E-state index in [1.54, 1.807) is 11.9 Å². The molecule has 1 aliphatic carbocycles. The molecular formula is C16H16N4O2S. The minimum absolute atomic E-state index is 0.0602. The van der Waals surface area contributed by atoms with Gasteiger partial charge in [0.1, 0.15) is 16.2 Å². The van der Waals surface area contributed by atoms with Gasteiger partial charge >= 0.3 is 0 Å². The van der Waals surface area contributed by atoms with Gasteiger partial charge in [-0.15, -0.1) is 11.3 Å². The summed E-state index contributed by atoms with van der Waals surface area (Å²) < 4.78 is 2.65. The third kappa shape index (κ3) is 2.57. The summed E-state index contributed by atoms with van der Waals surface area (Å²) in [5, 5.41) is 1.84. The average Bonchev–Trinajstić information content (AvgIpc) is 3.07. The summed E-state index contributed by atoms with van der Waals surface area (Å²) in [5.74, 6) is 0.441. The number of aromatic amines is 1. The zero-order valence-corrected chi connectivity index (χ0v) is 13.5. The van der Waals surface area contributed by atoms with Crippen LogP contribution in [0, 0.1) is 0 Å². The fourth-order valence-corrected chi connectivity index (χ4v) is 3.46. The number of thiophene rings is 1. The molecule has 0 bridgehead atoms. The lowest BCUT2D eigenvalue weighted by atomic mass is 10.3. The number of rotatable bonds is 4. The average molecular weight is 328 g/mol. The molecule has 3 heterocycles. The molecule has 4 rings (SSSR count). The van der Waals surface area contributed by atoms with Crippen LogP contribution in [0.15, 0.2) is 34.6 Å². The zero-order chi connectivity index (χ0) is 16.0. The van der Waals surface area contributed by atoms with Crippen LogP contribution in [0.5, 0.6) is 0 Å². The quantitative estimate of drug-likeness (QED) is 0.799. The van der Waals surface area contributed by atoms with Crippen molar-refractivity contribution in [1.82, 2.24) is 19.4 Å². The second-order valence-electron chi connectivity index (χ2n) is 5.84. The van der Waals surface area contributed by atoms with Crippen LogP contribution in [0.25, 0.3) is 10.2 Å². The van der Waals surface area contributed by atoms with Crippen LogP contribution in [0.2, 0.25) is 0 Å². The van der Waals surface area contributed by atoms with Gasteiger partial charge in [0.2, 0.25) is 0 Å². The zero-order valence-electron chi connectivity index (χ0n) is 12.7. The molecule has 3 aromatic rings. The van der Waals surface area contributed by atoms with Crippen LogP contribution in [0.3, 0.4) is 0 Å². The van der Waals surface area contributed by atoms with E-state index >= 15 is 0 Å². The third-order valence-corrected chi connectivity index (χ3v) is 4.94. The molecule has 6 nitrogen and oxygen atoms in total. The van der Waals surface area contributed by atoms with E-state index in [1.807, 2.05) is 34.3 Å². The van der Waals surface area contributed by atoms with Crippen molar-refractivity contribution in [3.63, 3.8) is 0 Å². The molecule has 0 aromatic carbocycles. The summed E-state index contributed by atoms with van der Waals surface area (Å²) in [5.41, 5.74) is 1.21. The summed E-state index contributed by atoms with van der Waals surface area (Å²) in [6, 6.07) is 6.02. The predicted molar refractivity (Wildman–Crippen MR) is 88.7 cm³/mol. The fraction of sp³-hybridized carbons (Fsp3) is 0.312. The Bertz CT molecular complexity index is 935. The van der Waals surface area contributed by atoms with E-state index in [2.05, 4.69) is 9.97 Å². The van der Waals surface area contributed by atoms with E-state index in [1.165, 1.54) is 11.3 Å². The molecule has 0 spiro atoms. The number of nitrogens with zero attached hydrogens (tertiary/aromatic N) is 3. The fourth-order valence-electron chi connectivity index (χ4n) is 2.73. The Kier molecular flexibility index (Phi) is 3.30. The molecule has 1 saturated carbocycles. The predicted octanol–water partition coefficient (Wildman–Crippen LogP) is 2.39. The molecule has 1 aliphatic rings. The maximum absolute atomic E-state index is 12.6. The summed E-state index contributed by atoms with van der Waals surface area (Å²) in [6.45, 7) is 0.274. The van der Waals surface area contributed by atoms with Crippen molar-refractivity contribution in [2.24, 2.45) is 0 Å². The van der Waals surface area contributed by atoms with Gasteiger partial charge in [-0.05, 0) is 36.4 Å². The molecule has 23 heavy (non-hydrogen) atoms. The Labute approximate surface area is 136 Å². The van der Waals surface area contributed by atoms with Gasteiger partial charge in [0.25, 0.3) is 11.5 Å². The lowest BCUT2D eigenvalue weighted by Crippen LogP contribution is -2.29. The van der Waals surface area contributed by atoms with Crippen LogP contribution in [-0.4, -0.2) is 32.4 Å². The van der Waals surface area contributed by atoms with E-state index in [-0.39, 0.29) is 18.0 Å². The Morgan fingerprint density at radius 2 is 2.30 bits per heavy atom. The van der Waals surface area contributed by atoms with Crippen LogP contribution in [-0.2, 0) is 6.54 Å². The van der Waals surface area contributed by atoms with Crippen molar-refractivity contribution < 1.29 is 4.79 Å².